The summed E-state index contributed by atoms with van der Waals surface area (Å²) < 4.78 is 0.190. The van der Waals surface area contributed by atoms with Crippen molar-refractivity contribution in [2.75, 3.05) is 6.26 Å². The molecule has 0 saturated carbocycles. The van der Waals surface area contributed by atoms with Crippen molar-refractivity contribution in [3.05, 3.63) is 66.1 Å². The zero-order valence-electron chi connectivity index (χ0n) is 16.8. The van der Waals surface area contributed by atoms with E-state index in [9.17, 15) is 0 Å². The summed E-state index contributed by atoms with van der Waals surface area (Å²) in [5.74, 6) is 0. The quantitative estimate of drug-likeness (QED) is 0.490. The Hall–Kier alpha value is -1.21. The van der Waals surface area contributed by atoms with Gasteiger partial charge in [-0.25, -0.2) is 0 Å². The van der Waals surface area contributed by atoms with Crippen LogP contribution in [0.3, 0.4) is 0 Å². The van der Waals surface area contributed by atoms with Crippen molar-refractivity contribution in [2.24, 2.45) is 0 Å². The first-order chi connectivity index (χ1) is 10.9. The lowest BCUT2D eigenvalue weighted by atomic mass is 10.3. The number of allylic oxidation sites excluding steroid dienone is 4. The lowest BCUT2D eigenvalue weighted by molar-refractivity contribution is 0.787. The van der Waals surface area contributed by atoms with Crippen LogP contribution in [0.25, 0.3) is 0 Å². The molecule has 0 aromatic heterocycles. The molecule has 1 aromatic rings. The van der Waals surface area contributed by atoms with E-state index >= 15 is 0 Å². The summed E-state index contributed by atoms with van der Waals surface area (Å²) in [6.07, 6.45) is 10.8. The Morgan fingerprint density at radius 3 is 1.83 bits per heavy atom. The van der Waals surface area contributed by atoms with E-state index in [0.29, 0.717) is 0 Å². The maximum absolute atomic E-state index is 4.04. The third-order valence-electron chi connectivity index (χ3n) is 3.56. The second kappa shape index (κ2) is 12.2. The molecule has 0 bridgehead atoms. The minimum absolute atomic E-state index is 0.190. The Kier molecular flexibility index (Phi) is 12.8. The third-order valence-corrected chi connectivity index (χ3v) is 8.47. The van der Waals surface area contributed by atoms with E-state index in [0.717, 1.165) is 0 Å². The van der Waals surface area contributed by atoms with Crippen LogP contribution < -0.4 is 0 Å². The van der Waals surface area contributed by atoms with Crippen molar-refractivity contribution in [2.45, 2.75) is 65.0 Å². The summed E-state index contributed by atoms with van der Waals surface area (Å²) in [4.78, 5) is 2.75. The van der Waals surface area contributed by atoms with E-state index in [-0.39, 0.29) is 4.75 Å². The molecule has 0 heterocycles. The fraction of sp³-hybridized carbons (Fsp3) is 0.455. The van der Waals surface area contributed by atoms with E-state index in [1.807, 2.05) is 40.7 Å². The van der Waals surface area contributed by atoms with Crippen molar-refractivity contribution in [1.29, 1.82) is 0 Å². The molecule has 0 nitrogen and oxygen atoms in total. The van der Waals surface area contributed by atoms with E-state index in [2.05, 4.69) is 82.2 Å². The number of benzene rings is 1. The zero-order valence-corrected chi connectivity index (χ0v) is 17.6. The van der Waals surface area contributed by atoms with Crippen molar-refractivity contribution >= 4 is 10.0 Å². The summed E-state index contributed by atoms with van der Waals surface area (Å²) in [5, 5.41) is 0. The fourth-order valence-electron chi connectivity index (χ4n) is 2.10. The van der Waals surface area contributed by atoms with E-state index in [1.54, 1.807) is 0 Å². The van der Waals surface area contributed by atoms with Crippen LogP contribution in [0, 0.1) is 0 Å². The predicted octanol–water partition coefficient (Wildman–Crippen LogP) is 7.98. The van der Waals surface area contributed by atoms with Crippen molar-refractivity contribution in [3.63, 3.8) is 0 Å². The average molecular weight is 335 g/mol. The Labute approximate surface area is 147 Å². The lowest BCUT2D eigenvalue weighted by Crippen LogP contribution is -2.25. The van der Waals surface area contributed by atoms with Crippen LogP contribution in [0.1, 0.15) is 55.4 Å². The van der Waals surface area contributed by atoms with Gasteiger partial charge < -0.3 is 0 Å². The monoisotopic (exact) mass is 334 g/mol. The second-order valence-electron chi connectivity index (χ2n) is 5.64. The van der Waals surface area contributed by atoms with Crippen molar-refractivity contribution in [1.82, 2.24) is 0 Å². The van der Waals surface area contributed by atoms with E-state index < -0.39 is 10.0 Å². The van der Waals surface area contributed by atoms with Gasteiger partial charge in [-0.15, -0.1) is 0 Å². The predicted molar refractivity (Wildman–Crippen MR) is 114 cm³/mol. The second-order valence-corrected chi connectivity index (χ2v) is 9.65. The molecule has 1 heteroatoms. The first-order valence-electron chi connectivity index (χ1n) is 8.66. The first-order valence-corrected chi connectivity index (χ1v) is 10.7. The van der Waals surface area contributed by atoms with Gasteiger partial charge in [-0.1, -0.05) is 97.5 Å². The molecule has 23 heavy (non-hydrogen) atoms. The van der Waals surface area contributed by atoms with Crippen molar-refractivity contribution in [3.8, 4) is 0 Å². The van der Waals surface area contributed by atoms with Gasteiger partial charge in [0.05, 0.1) is 0 Å². The number of hydrogen-bond acceptors (Lipinski definition) is 0. The molecule has 0 aliphatic carbocycles. The summed E-state index contributed by atoms with van der Waals surface area (Å²) in [7, 11) is -1.11. The van der Waals surface area contributed by atoms with Gasteiger partial charge in [0, 0.05) is 0 Å². The molecule has 1 rings (SSSR count). The van der Waals surface area contributed by atoms with Gasteiger partial charge >= 0.3 is 0 Å². The molecule has 1 aromatic carbocycles. The van der Waals surface area contributed by atoms with Gasteiger partial charge in [0.1, 0.15) is 0 Å². The highest BCUT2D eigenvalue weighted by molar-refractivity contribution is 8.37. The molecular formula is C22H38S. The topological polar surface area (TPSA) is 0 Å². The SMILES string of the molecule is C=C/C(=C\C=C/C)S(C)(c1ccccc1)C(C)(C)C.CC.CC. The number of rotatable bonds is 4. The smallest absolute Gasteiger partial charge is 0.000784 e. The molecule has 0 fully saturated rings. The Morgan fingerprint density at radius 2 is 1.48 bits per heavy atom. The maximum Gasteiger partial charge on any atom is -0.000784 e. The van der Waals surface area contributed by atoms with Crippen LogP contribution >= 0.6 is 10.0 Å². The van der Waals surface area contributed by atoms with Gasteiger partial charge in [-0.05, 0) is 39.9 Å². The van der Waals surface area contributed by atoms with Crippen LogP contribution in [-0.2, 0) is 0 Å². The average Bonchev–Trinajstić information content (AvgIpc) is 2.58. The van der Waals surface area contributed by atoms with Crippen LogP contribution in [0.2, 0.25) is 0 Å². The molecule has 1 unspecified atom stereocenters. The Morgan fingerprint density at radius 1 is 1.00 bits per heavy atom. The maximum atomic E-state index is 4.04. The van der Waals surface area contributed by atoms with Crippen molar-refractivity contribution < 1.29 is 0 Å². The van der Waals surface area contributed by atoms with Crippen LogP contribution in [-0.4, -0.2) is 11.0 Å². The molecule has 0 amide bonds. The van der Waals surface area contributed by atoms with Gasteiger partial charge in [0.15, 0.2) is 0 Å². The van der Waals surface area contributed by atoms with E-state index in [4.69, 9.17) is 0 Å². The first kappa shape index (κ1) is 24.0. The Bertz CT molecular complexity index is 474. The minimum atomic E-state index is -1.11. The van der Waals surface area contributed by atoms with Crippen LogP contribution in [0.15, 0.2) is 71.0 Å². The van der Waals surface area contributed by atoms with Gasteiger partial charge in [0.2, 0.25) is 0 Å². The largest absolute Gasteiger partial charge is 0.186 e. The molecule has 0 N–H and O–H groups in total. The lowest BCUT2D eigenvalue weighted by Gasteiger charge is -2.49. The highest BCUT2D eigenvalue weighted by Crippen LogP contribution is 2.68. The van der Waals surface area contributed by atoms with Gasteiger partial charge in [-0.2, -0.15) is 10.0 Å². The molecule has 1 atom stereocenters. The standard InChI is InChI=1S/C18H26S.2C2H6/c1-7-9-13-16(8-2)19(6,18(3,4)5)17-14-11-10-12-15-17;2*1-2/h7-15H,2H2,1,3-6H3;2*1-2H3/b9-7-,16-13+;;. The fourth-order valence-corrected chi connectivity index (χ4v) is 5.17. The van der Waals surface area contributed by atoms with E-state index in [1.165, 1.54) is 9.80 Å². The summed E-state index contributed by atoms with van der Waals surface area (Å²) in [5.41, 5.74) is 0. The Balaban J connectivity index is 0. The normalized spacial score (nSPS) is 15.4. The summed E-state index contributed by atoms with van der Waals surface area (Å²) >= 11 is 0. The van der Waals surface area contributed by atoms with Crippen LogP contribution in [0.4, 0.5) is 0 Å². The third kappa shape index (κ3) is 6.43. The molecule has 0 spiro atoms. The zero-order chi connectivity index (χ0) is 18.5. The molecule has 0 aliphatic rings. The molecular weight excluding hydrogens is 296 g/mol. The highest BCUT2D eigenvalue weighted by Gasteiger charge is 2.35. The molecule has 0 saturated heterocycles. The highest BCUT2D eigenvalue weighted by atomic mass is 32.3. The minimum Gasteiger partial charge on any atom is -0.186 e. The molecule has 0 aliphatic heterocycles. The molecule has 0 radical (unpaired) electrons. The van der Waals surface area contributed by atoms with Crippen LogP contribution in [0.5, 0.6) is 0 Å². The molecule has 132 valence electrons. The number of hydrogen-bond donors (Lipinski definition) is 0. The summed E-state index contributed by atoms with van der Waals surface area (Å²) in [6, 6.07) is 10.8. The summed E-state index contributed by atoms with van der Waals surface area (Å²) in [6.45, 7) is 21.0. The van der Waals surface area contributed by atoms with Gasteiger partial charge in [-0.3, -0.25) is 0 Å². The van der Waals surface area contributed by atoms with Gasteiger partial charge in [0.25, 0.3) is 0 Å².